The van der Waals surface area contributed by atoms with E-state index in [4.69, 9.17) is 5.73 Å². The molecule has 0 aliphatic heterocycles. The van der Waals surface area contributed by atoms with Crippen LogP contribution in [-0.2, 0) is 6.54 Å². The molecular weight excluding hydrogens is 162 g/mol. The lowest BCUT2D eigenvalue weighted by molar-refractivity contribution is 0.675. The van der Waals surface area contributed by atoms with Gasteiger partial charge in [0.1, 0.15) is 0 Å². The lowest BCUT2D eigenvalue weighted by Gasteiger charge is -2.06. The quantitative estimate of drug-likeness (QED) is 0.688. The second-order valence-electron chi connectivity index (χ2n) is 3.20. The van der Waals surface area contributed by atoms with Gasteiger partial charge in [-0.25, -0.2) is 0 Å². The van der Waals surface area contributed by atoms with Gasteiger partial charge in [-0.05, 0) is 26.0 Å². The molecule has 0 saturated heterocycles. The number of rotatable bonds is 4. The van der Waals surface area contributed by atoms with Gasteiger partial charge in [-0.1, -0.05) is 6.92 Å². The zero-order valence-corrected chi connectivity index (χ0v) is 8.30. The summed E-state index contributed by atoms with van der Waals surface area (Å²) in [5.74, 6) is 0. The zero-order valence-electron chi connectivity index (χ0n) is 8.30. The number of nitrogens with two attached hydrogens (primary N) is 1. The summed E-state index contributed by atoms with van der Waals surface area (Å²) < 4.78 is 0. The number of aromatic nitrogens is 1. The Labute approximate surface area is 79.4 Å². The number of nitrogen functional groups attached to an aromatic ring is 1. The van der Waals surface area contributed by atoms with Gasteiger partial charge >= 0.3 is 0 Å². The molecule has 13 heavy (non-hydrogen) atoms. The van der Waals surface area contributed by atoms with Gasteiger partial charge in [-0.15, -0.1) is 0 Å². The lowest BCUT2D eigenvalue weighted by Crippen LogP contribution is -2.15. The van der Waals surface area contributed by atoms with E-state index in [0.29, 0.717) is 0 Å². The van der Waals surface area contributed by atoms with Crippen LogP contribution in [0.1, 0.15) is 24.6 Å². The number of hydrogen-bond acceptors (Lipinski definition) is 3. The van der Waals surface area contributed by atoms with Crippen LogP contribution < -0.4 is 11.1 Å². The first-order chi connectivity index (χ1) is 6.24. The van der Waals surface area contributed by atoms with Crippen LogP contribution in [0.25, 0.3) is 0 Å². The highest BCUT2D eigenvalue weighted by Gasteiger charge is 1.98. The molecule has 0 aliphatic rings. The Balaban J connectivity index is 2.56. The fourth-order valence-corrected chi connectivity index (χ4v) is 1.16. The van der Waals surface area contributed by atoms with Crippen molar-refractivity contribution in [3.05, 3.63) is 23.5 Å². The topological polar surface area (TPSA) is 50.9 Å². The molecule has 0 unspecified atom stereocenters. The number of hydrogen-bond donors (Lipinski definition) is 2. The van der Waals surface area contributed by atoms with E-state index in [0.717, 1.165) is 36.5 Å². The molecule has 0 bridgehead atoms. The van der Waals surface area contributed by atoms with E-state index in [1.165, 1.54) is 0 Å². The van der Waals surface area contributed by atoms with Crippen molar-refractivity contribution in [2.24, 2.45) is 0 Å². The first kappa shape index (κ1) is 9.99. The van der Waals surface area contributed by atoms with Crippen molar-refractivity contribution in [1.82, 2.24) is 10.3 Å². The van der Waals surface area contributed by atoms with Crippen LogP contribution in [-0.4, -0.2) is 11.5 Å². The maximum atomic E-state index is 5.82. The van der Waals surface area contributed by atoms with Crippen LogP contribution in [0.2, 0.25) is 0 Å². The number of anilines is 1. The van der Waals surface area contributed by atoms with Crippen LogP contribution in [0.15, 0.2) is 12.3 Å². The number of aryl methyl sites for hydroxylation is 1. The number of nitrogens with zero attached hydrogens (tertiary/aromatic N) is 1. The second-order valence-corrected chi connectivity index (χ2v) is 3.20. The van der Waals surface area contributed by atoms with Crippen LogP contribution in [0.5, 0.6) is 0 Å². The van der Waals surface area contributed by atoms with E-state index in [1.807, 2.05) is 19.2 Å². The highest BCUT2D eigenvalue weighted by atomic mass is 14.9. The Bertz CT molecular complexity index is 271. The number of nitrogens with one attached hydrogen (secondary N) is 1. The standard InChI is InChI=1S/C10H17N3/c1-3-4-12-6-9-7-13-8(2)5-10(9)11/h5,7,12H,3-4,6H2,1-2H3,(H2,11,13). The Morgan fingerprint density at radius 1 is 1.54 bits per heavy atom. The molecular formula is C10H17N3. The number of pyridine rings is 1. The van der Waals surface area contributed by atoms with E-state index < -0.39 is 0 Å². The third kappa shape index (κ3) is 3.03. The molecule has 1 rings (SSSR count). The van der Waals surface area contributed by atoms with Crippen LogP contribution >= 0.6 is 0 Å². The third-order valence-electron chi connectivity index (χ3n) is 1.90. The van der Waals surface area contributed by atoms with Crippen LogP contribution in [0.4, 0.5) is 5.69 Å². The summed E-state index contributed by atoms with van der Waals surface area (Å²) in [4.78, 5) is 4.20. The molecule has 1 heterocycles. The van der Waals surface area contributed by atoms with Crippen molar-refractivity contribution < 1.29 is 0 Å². The minimum atomic E-state index is 0.812. The highest BCUT2D eigenvalue weighted by Crippen LogP contribution is 2.10. The largest absolute Gasteiger partial charge is 0.398 e. The molecule has 0 saturated carbocycles. The van der Waals surface area contributed by atoms with Crippen molar-refractivity contribution in [2.45, 2.75) is 26.8 Å². The minimum absolute atomic E-state index is 0.812. The minimum Gasteiger partial charge on any atom is -0.398 e. The SMILES string of the molecule is CCCNCc1cnc(C)cc1N. The fraction of sp³-hybridized carbons (Fsp3) is 0.500. The molecule has 3 nitrogen and oxygen atoms in total. The van der Waals surface area contributed by atoms with Gasteiger partial charge in [0.25, 0.3) is 0 Å². The monoisotopic (exact) mass is 179 g/mol. The van der Waals surface area contributed by atoms with Gasteiger partial charge in [0, 0.05) is 29.7 Å². The van der Waals surface area contributed by atoms with Crippen molar-refractivity contribution in [2.75, 3.05) is 12.3 Å². The predicted molar refractivity (Wildman–Crippen MR) is 55.4 cm³/mol. The molecule has 1 aromatic rings. The first-order valence-corrected chi connectivity index (χ1v) is 4.65. The normalized spacial score (nSPS) is 10.3. The summed E-state index contributed by atoms with van der Waals surface area (Å²) in [6.45, 7) is 5.92. The Morgan fingerprint density at radius 3 is 2.92 bits per heavy atom. The van der Waals surface area contributed by atoms with E-state index in [1.54, 1.807) is 0 Å². The zero-order chi connectivity index (χ0) is 9.68. The summed E-state index contributed by atoms with van der Waals surface area (Å²) in [6.07, 6.45) is 2.98. The molecule has 0 fully saturated rings. The molecule has 3 N–H and O–H groups in total. The van der Waals surface area contributed by atoms with Gasteiger partial charge in [0.05, 0.1) is 0 Å². The van der Waals surface area contributed by atoms with Gasteiger partial charge in [-0.2, -0.15) is 0 Å². The summed E-state index contributed by atoms with van der Waals surface area (Å²) in [5.41, 5.74) is 8.70. The third-order valence-corrected chi connectivity index (χ3v) is 1.90. The molecule has 0 amide bonds. The lowest BCUT2D eigenvalue weighted by atomic mass is 10.2. The Hall–Kier alpha value is -1.09. The molecule has 0 aromatic carbocycles. The van der Waals surface area contributed by atoms with E-state index >= 15 is 0 Å². The van der Waals surface area contributed by atoms with E-state index in [2.05, 4.69) is 17.2 Å². The van der Waals surface area contributed by atoms with Crippen molar-refractivity contribution in [1.29, 1.82) is 0 Å². The molecule has 0 atom stereocenters. The summed E-state index contributed by atoms with van der Waals surface area (Å²) in [7, 11) is 0. The second kappa shape index (κ2) is 4.82. The van der Waals surface area contributed by atoms with Gasteiger partial charge in [-0.3, -0.25) is 4.98 Å². The highest BCUT2D eigenvalue weighted by molar-refractivity contribution is 5.46. The maximum absolute atomic E-state index is 5.82. The van der Waals surface area contributed by atoms with Crippen LogP contribution in [0.3, 0.4) is 0 Å². The molecule has 0 spiro atoms. The predicted octanol–water partition coefficient (Wildman–Crippen LogP) is 1.47. The van der Waals surface area contributed by atoms with Gasteiger partial charge in [0.2, 0.25) is 0 Å². The Morgan fingerprint density at radius 2 is 2.31 bits per heavy atom. The van der Waals surface area contributed by atoms with Crippen LogP contribution in [0, 0.1) is 6.92 Å². The molecule has 0 aliphatic carbocycles. The van der Waals surface area contributed by atoms with Crippen molar-refractivity contribution >= 4 is 5.69 Å². The summed E-state index contributed by atoms with van der Waals surface area (Å²) in [6, 6.07) is 1.91. The van der Waals surface area contributed by atoms with Crippen molar-refractivity contribution in [3.8, 4) is 0 Å². The average Bonchev–Trinajstić information content (AvgIpc) is 2.09. The smallest absolute Gasteiger partial charge is 0.0393 e. The summed E-state index contributed by atoms with van der Waals surface area (Å²) in [5, 5.41) is 3.29. The average molecular weight is 179 g/mol. The van der Waals surface area contributed by atoms with Crippen molar-refractivity contribution in [3.63, 3.8) is 0 Å². The molecule has 72 valence electrons. The summed E-state index contributed by atoms with van der Waals surface area (Å²) >= 11 is 0. The Kier molecular flexibility index (Phi) is 3.71. The fourth-order valence-electron chi connectivity index (χ4n) is 1.16. The molecule has 0 radical (unpaired) electrons. The first-order valence-electron chi connectivity index (χ1n) is 4.65. The molecule has 3 heteroatoms. The maximum Gasteiger partial charge on any atom is 0.0393 e. The van der Waals surface area contributed by atoms with E-state index in [9.17, 15) is 0 Å². The molecule has 1 aromatic heterocycles. The van der Waals surface area contributed by atoms with E-state index in [-0.39, 0.29) is 0 Å². The van der Waals surface area contributed by atoms with Gasteiger partial charge < -0.3 is 11.1 Å². The van der Waals surface area contributed by atoms with Gasteiger partial charge in [0.15, 0.2) is 0 Å².